The summed E-state index contributed by atoms with van der Waals surface area (Å²) >= 11 is 0. The lowest BCUT2D eigenvalue weighted by molar-refractivity contribution is -0.120. The lowest BCUT2D eigenvalue weighted by atomic mass is 10.0. The largest absolute Gasteiger partial charge is 0.368 e. The molecular formula is C34H38N10O4. The summed E-state index contributed by atoms with van der Waals surface area (Å²) in [6, 6.07) is 7.30. The summed E-state index contributed by atoms with van der Waals surface area (Å²) < 4.78 is 1.71. The number of piperazine rings is 1. The first-order chi connectivity index (χ1) is 23.2. The number of anilines is 4. The Morgan fingerprint density at radius 3 is 2.40 bits per heavy atom. The number of fused-ring (bicyclic) bond motifs is 1. The van der Waals surface area contributed by atoms with Crippen LogP contribution in [-0.4, -0.2) is 79.8 Å². The number of hydrogen-bond donors (Lipinski definition) is 2. The van der Waals surface area contributed by atoms with E-state index in [1.807, 2.05) is 30.5 Å². The fourth-order valence-corrected chi connectivity index (χ4v) is 6.95. The molecule has 1 aliphatic carbocycles. The SMILES string of the molecule is CC(=O)c1c(C)c2cnc(Nc3ccc(N4CCN(Cc5ccc(N6CCC(=O)NC6=O)nc5)CC4)cn3)nc2n(C2CCCC2)c1=O. The average molecular weight is 651 g/mol. The van der Waals surface area contributed by atoms with Crippen LogP contribution in [-0.2, 0) is 11.3 Å². The van der Waals surface area contributed by atoms with Crippen LogP contribution in [0, 0.1) is 6.92 Å². The van der Waals surface area contributed by atoms with Crippen molar-refractivity contribution in [3.05, 3.63) is 69.9 Å². The molecule has 0 radical (unpaired) electrons. The van der Waals surface area contributed by atoms with E-state index in [0.717, 1.165) is 69.7 Å². The molecule has 248 valence electrons. The quantitative estimate of drug-likeness (QED) is 0.268. The van der Waals surface area contributed by atoms with Gasteiger partial charge in [0.25, 0.3) is 5.56 Å². The first-order valence-corrected chi connectivity index (χ1v) is 16.4. The number of nitrogens with one attached hydrogen (secondary N) is 2. The summed E-state index contributed by atoms with van der Waals surface area (Å²) in [6.45, 7) is 7.73. The van der Waals surface area contributed by atoms with Gasteiger partial charge in [0.2, 0.25) is 11.9 Å². The van der Waals surface area contributed by atoms with E-state index in [-0.39, 0.29) is 35.3 Å². The van der Waals surface area contributed by atoms with E-state index in [4.69, 9.17) is 4.98 Å². The van der Waals surface area contributed by atoms with Crippen LogP contribution in [0.5, 0.6) is 0 Å². The Balaban J connectivity index is 0.983. The number of nitrogens with zero attached hydrogens (tertiary/aromatic N) is 8. The molecule has 3 aliphatic rings. The zero-order valence-corrected chi connectivity index (χ0v) is 27.1. The molecule has 4 aromatic heterocycles. The normalized spacial score (nSPS) is 17.6. The van der Waals surface area contributed by atoms with Crippen molar-refractivity contribution in [2.75, 3.05) is 47.8 Å². The van der Waals surface area contributed by atoms with Crippen molar-refractivity contribution >= 4 is 52.0 Å². The number of hydrogen-bond acceptors (Lipinski definition) is 11. The number of aryl methyl sites for hydroxylation is 1. The summed E-state index contributed by atoms with van der Waals surface area (Å²) in [5.41, 5.74) is 3.18. The Hall–Kier alpha value is -5.24. The Morgan fingerprint density at radius 1 is 0.938 bits per heavy atom. The second kappa shape index (κ2) is 13.1. The highest BCUT2D eigenvalue weighted by atomic mass is 16.2. The van der Waals surface area contributed by atoms with Gasteiger partial charge in [-0.1, -0.05) is 18.9 Å². The predicted molar refractivity (Wildman–Crippen MR) is 181 cm³/mol. The van der Waals surface area contributed by atoms with Crippen LogP contribution in [0.25, 0.3) is 11.0 Å². The van der Waals surface area contributed by atoms with Gasteiger partial charge in [0.05, 0.1) is 17.4 Å². The van der Waals surface area contributed by atoms with Gasteiger partial charge in [0.1, 0.15) is 17.3 Å². The molecule has 1 saturated carbocycles. The molecule has 2 N–H and O–H groups in total. The molecule has 6 heterocycles. The summed E-state index contributed by atoms with van der Waals surface area (Å²) in [6.07, 6.45) is 9.43. The smallest absolute Gasteiger partial charge is 0.329 e. The highest BCUT2D eigenvalue weighted by Gasteiger charge is 2.27. The number of amides is 3. The number of aromatic nitrogens is 5. The number of carbonyl (C=O) groups is 3. The van der Waals surface area contributed by atoms with Gasteiger partial charge >= 0.3 is 6.03 Å². The second-order valence-electron chi connectivity index (χ2n) is 12.7. The molecule has 0 atom stereocenters. The van der Waals surface area contributed by atoms with Crippen molar-refractivity contribution in [1.82, 2.24) is 34.7 Å². The van der Waals surface area contributed by atoms with E-state index in [0.29, 0.717) is 40.7 Å². The van der Waals surface area contributed by atoms with Gasteiger partial charge in [-0.25, -0.2) is 19.7 Å². The third-order valence-electron chi connectivity index (χ3n) is 9.52. The molecule has 0 unspecified atom stereocenters. The lowest BCUT2D eigenvalue weighted by Crippen LogP contribution is -2.49. The minimum absolute atomic E-state index is 0.0136. The predicted octanol–water partition coefficient (Wildman–Crippen LogP) is 3.72. The highest BCUT2D eigenvalue weighted by molar-refractivity contribution is 6.05. The van der Waals surface area contributed by atoms with Gasteiger partial charge < -0.3 is 10.2 Å². The third kappa shape index (κ3) is 6.22. The van der Waals surface area contributed by atoms with Crippen molar-refractivity contribution in [2.24, 2.45) is 0 Å². The van der Waals surface area contributed by atoms with Crippen LogP contribution in [0.15, 0.2) is 47.7 Å². The van der Waals surface area contributed by atoms with E-state index >= 15 is 0 Å². The molecule has 48 heavy (non-hydrogen) atoms. The standard InChI is InChI=1S/C34H38N10O4/c1-21-26-19-37-33(40-31(26)44(24-5-3-4-6-24)32(47)30(21)22(2)45)38-27-9-8-25(18-35-27)42-15-13-41(14-16-42)20-23-7-10-28(36-17-23)43-12-11-29(46)39-34(43)48/h7-10,17-19,24H,3-6,11-16,20H2,1-2H3,(H,39,46,48)(H,35,37,38,40). The van der Waals surface area contributed by atoms with Gasteiger partial charge in [0.15, 0.2) is 5.78 Å². The number of pyridine rings is 3. The van der Waals surface area contributed by atoms with Gasteiger partial charge in [-0.3, -0.25) is 34.1 Å². The lowest BCUT2D eigenvalue weighted by Gasteiger charge is -2.36. The number of urea groups is 1. The first kappa shape index (κ1) is 31.4. The average Bonchev–Trinajstić information content (AvgIpc) is 3.61. The fourth-order valence-electron chi connectivity index (χ4n) is 6.95. The molecule has 14 nitrogen and oxygen atoms in total. The topological polar surface area (TPSA) is 159 Å². The molecule has 2 aliphatic heterocycles. The maximum Gasteiger partial charge on any atom is 0.329 e. The zero-order chi connectivity index (χ0) is 33.4. The maximum atomic E-state index is 13.5. The molecule has 3 amide bonds. The van der Waals surface area contributed by atoms with Crippen molar-refractivity contribution in [2.45, 2.75) is 58.5 Å². The Morgan fingerprint density at radius 2 is 1.73 bits per heavy atom. The van der Waals surface area contributed by atoms with Crippen LogP contribution in [0.3, 0.4) is 0 Å². The number of ketones is 1. The molecule has 14 heteroatoms. The van der Waals surface area contributed by atoms with Crippen LogP contribution in [0.2, 0.25) is 0 Å². The fraction of sp³-hybridized carbons (Fsp3) is 0.412. The van der Waals surface area contributed by atoms with E-state index in [2.05, 4.69) is 35.4 Å². The summed E-state index contributed by atoms with van der Waals surface area (Å²) in [5.74, 6) is 0.963. The maximum absolute atomic E-state index is 13.5. The van der Waals surface area contributed by atoms with E-state index in [1.165, 1.54) is 11.8 Å². The number of Topliss-reactive ketones (excluding diaryl/α,β-unsaturated/α-hetero) is 1. The monoisotopic (exact) mass is 650 g/mol. The minimum atomic E-state index is -0.436. The third-order valence-corrected chi connectivity index (χ3v) is 9.52. The zero-order valence-electron chi connectivity index (χ0n) is 27.1. The Labute approximate surface area is 277 Å². The Bertz CT molecular complexity index is 1930. The Kier molecular flexibility index (Phi) is 8.56. The number of imide groups is 1. The molecule has 4 aromatic rings. The first-order valence-electron chi connectivity index (χ1n) is 16.4. The summed E-state index contributed by atoms with van der Waals surface area (Å²) in [5, 5.41) is 6.23. The molecule has 0 aromatic carbocycles. The van der Waals surface area contributed by atoms with Crippen LogP contribution in [0.4, 0.5) is 28.1 Å². The van der Waals surface area contributed by atoms with Crippen LogP contribution >= 0.6 is 0 Å². The number of carbonyl (C=O) groups excluding carboxylic acids is 3. The summed E-state index contributed by atoms with van der Waals surface area (Å²) in [7, 11) is 0. The molecule has 3 fully saturated rings. The van der Waals surface area contributed by atoms with Gasteiger partial charge in [-0.05, 0) is 56.0 Å². The van der Waals surface area contributed by atoms with E-state index in [9.17, 15) is 19.2 Å². The molecule has 0 bridgehead atoms. The van der Waals surface area contributed by atoms with Crippen molar-refractivity contribution < 1.29 is 14.4 Å². The van der Waals surface area contributed by atoms with Crippen molar-refractivity contribution in [3.63, 3.8) is 0 Å². The molecular weight excluding hydrogens is 612 g/mol. The van der Waals surface area contributed by atoms with Crippen LogP contribution < -0.4 is 26.0 Å². The highest BCUT2D eigenvalue weighted by Crippen LogP contribution is 2.32. The van der Waals surface area contributed by atoms with Gasteiger partial charge in [0, 0.05) is 69.5 Å². The van der Waals surface area contributed by atoms with E-state index in [1.54, 1.807) is 23.9 Å². The van der Waals surface area contributed by atoms with E-state index < -0.39 is 6.03 Å². The second-order valence-corrected chi connectivity index (χ2v) is 12.7. The minimum Gasteiger partial charge on any atom is -0.368 e. The molecule has 7 rings (SSSR count). The molecule has 0 spiro atoms. The summed E-state index contributed by atoms with van der Waals surface area (Å²) in [4.78, 5) is 74.0. The van der Waals surface area contributed by atoms with Crippen LogP contribution in [0.1, 0.15) is 66.6 Å². The van der Waals surface area contributed by atoms with Crippen molar-refractivity contribution in [1.29, 1.82) is 0 Å². The van der Waals surface area contributed by atoms with Gasteiger partial charge in [-0.2, -0.15) is 4.98 Å². The van der Waals surface area contributed by atoms with Crippen molar-refractivity contribution in [3.8, 4) is 0 Å². The number of rotatable bonds is 8. The van der Waals surface area contributed by atoms with Gasteiger partial charge in [-0.15, -0.1) is 0 Å². The molecule has 2 saturated heterocycles.